The highest BCUT2D eigenvalue weighted by molar-refractivity contribution is 5.66. The molecule has 0 N–H and O–H groups in total. The summed E-state index contributed by atoms with van der Waals surface area (Å²) in [5.41, 5.74) is 6.62. The average Bonchev–Trinajstić information content (AvgIpc) is 2.55. The molecule has 0 saturated carbocycles. The van der Waals surface area contributed by atoms with Crippen molar-refractivity contribution in [1.29, 1.82) is 0 Å². The van der Waals surface area contributed by atoms with Gasteiger partial charge in [0.05, 0.1) is 11.4 Å². The molecule has 2 nitrogen and oxygen atoms in total. The van der Waals surface area contributed by atoms with Crippen molar-refractivity contribution in [3.05, 3.63) is 72.1 Å². The van der Waals surface area contributed by atoms with E-state index in [-0.39, 0.29) is 0 Å². The molecule has 1 aromatic carbocycles. The Kier molecular flexibility index (Phi) is 4.52. The molecule has 0 amide bonds. The minimum atomic E-state index is 0.610. The first kappa shape index (κ1) is 15.4. The molecular weight excluding hydrogens is 280 g/mol. The third-order valence-corrected chi connectivity index (χ3v) is 3.90. The van der Waals surface area contributed by atoms with E-state index in [1.807, 2.05) is 12.3 Å². The molecule has 0 aliphatic heterocycles. The maximum atomic E-state index is 4.76. The molecule has 23 heavy (non-hydrogen) atoms. The monoisotopic (exact) mass is 302 g/mol. The van der Waals surface area contributed by atoms with E-state index in [1.54, 1.807) is 0 Å². The lowest BCUT2D eigenvalue weighted by Gasteiger charge is -2.08. The van der Waals surface area contributed by atoms with Crippen LogP contribution in [0.25, 0.3) is 22.5 Å². The Hall–Kier alpha value is -2.48. The summed E-state index contributed by atoms with van der Waals surface area (Å²) in [6.45, 7) is 6.54. The zero-order valence-corrected chi connectivity index (χ0v) is 14.0. The molecule has 2 heterocycles. The van der Waals surface area contributed by atoms with Crippen LogP contribution in [0.4, 0.5) is 0 Å². The van der Waals surface area contributed by atoms with Gasteiger partial charge in [-0.25, -0.2) is 0 Å². The minimum Gasteiger partial charge on any atom is -0.256 e. The highest BCUT2D eigenvalue weighted by atomic mass is 14.7. The smallest absolute Gasteiger partial charge is 0.0720 e. The van der Waals surface area contributed by atoms with Crippen molar-refractivity contribution in [3.8, 4) is 22.5 Å². The summed E-state index contributed by atoms with van der Waals surface area (Å²) < 4.78 is 0. The zero-order chi connectivity index (χ0) is 16.2. The molecule has 2 aromatic heterocycles. The molecule has 0 radical (unpaired) electrons. The fraction of sp³-hybridized carbons (Fsp3) is 0.238. The highest BCUT2D eigenvalue weighted by Gasteiger charge is 2.06. The fourth-order valence-corrected chi connectivity index (χ4v) is 2.74. The lowest BCUT2D eigenvalue weighted by atomic mass is 10.0. The minimum absolute atomic E-state index is 0.610. The van der Waals surface area contributed by atoms with Crippen molar-refractivity contribution in [1.82, 2.24) is 9.97 Å². The molecule has 3 aromatic rings. The van der Waals surface area contributed by atoms with Crippen LogP contribution in [0, 0.1) is 12.8 Å². The van der Waals surface area contributed by atoms with Gasteiger partial charge in [0.1, 0.15) is 0 Å². The topological polar surface area (TPSA) is 25.8 Å². The predicted octanol–water partition coefficient (Wildman–Crippen LogP) is 5.32. The Bertz CT molecular complexity index is 789. The highest BCUT2D eigenvalue weighted by Crippen LogP contribution is 2.24. The van der Waals surface area contributed by atoms with E-state index in [1.165, 1.54) is 11.1 Å². The van der Waals surface area contributed by atoms with Crippen molar-refractivity contribution in [3.63, 3.8) is 0 Å². The summed E-state index contributed by atoms with van der Waals surface area (Å²) in [5.74, 6) is 0.610. The first-order chi connectivity index (χ1) is 11.1. The van der Waals surface area contributed by atoms with Gasteiger partial charge in [-0.15, -0.1) is 0 Å². The summed E-state index contributed by atoms with van der Waals surface area (Å²) in [6.07, 6.45) is 2.92. The standard InChI is InChI=1S/C21H22N2/c1-15(2)13-18-8-6-10-20(23-18)17-11-12-21(22-14-17)19-9-5-4-7-16(19)3/h4-12,14-15H,13H2,1-3H3. The van der Waals surface area contributed by atoms with Crippen LogP contribution >= 0.6 is 0 Å². The number of hydrogen-bond donors (Lipinski definition) is 0. The second-order valence-corrected chi connectivity index (χ2v) is 6.36. The molecule has 0 aliphatic rings. The summed E-state index contributed by atoms with van der Waals surface area (Å²) in [5, 5.41) is 0. The van der Waals surface area contributed by atoms with Crippen LogP contribution < -0.4 is 0 Å². The Labute approximate surface area is 138 Å². The SMILES string of the molecule is Cc1ccccc1-c1ccc(-c2cccc(CC(C)C)n2)cn1. The largest absolute Gasteiger partial charge is 0.256 e. The van der Waals surface area contributed by atoms with Crippen LogP contribution in [0.1, 0.15) is 25.1 Å². The Balaban J connectivity index is 1.89. The number of hydrogen-bond acceptors (Lipinski definition) is 2. The van der Waals surface area contributed by atoms with Crippen LogP contribution in [0.5, 0.6) is 0 Å². The molecule has 3 rings (SSSR count). The normalized spacial score (nSPS) is 11.0. The third kappa shape index (κ3) is 3.65. The van der Waals surface area contributed by atoms with Crippen LogP contribution in [0.15, 0.2) is 60.8 Å². The Morgan fingerprint density at radius 3 is 2.39 bits per heavy atom. The van der Waals surface area contributed by atoms with E-state index in [9.17, 15) is 0 Å². The molecule has 0 aliphatic carbocycles. The number of rotatable bonds is 4. The molecule has 2 heteroatoms. The number of pyridine rings is 2. The van der Waals surface area contributed by atoms with Crippen LogP contribution in [-0.2, 0) is 6.42 Å². The fourth-order valence-electron chi connectivity index (χ4n) is 2.74. The molecular formula is C21H22N2. The van der Waals surface area contributed by atoms with E-state index in [2.05, 4.69) is 74.3 Å². The Morgan fingerprint density at radius 2 is 1.70 bits per heavy atom. The van der Waals surface area contributed by atoms with Gasteiger partial charge in [0.25, 0.3) is 0 Å². The molecule has 116 valence electrons. The van der Waals surface area contributed by atoms with E-state index < -0.39 is 0 Å². The lowest BCUT2D eigenvalue weighted by Crippen LogP contribution is -1.98. The predicted molar refractivity (Wildman–Crippen MR) is 96.2 cm³/mol. The molecule has 0 saturated heterocycles. The summed E-state index contributed by atoms with van der Waals surface area (Å²) in [7, 11) is 0. The van der Waals surface area contributed by atoms with Gasteiger partial charge >= 0.3 is 0 Å². The number of nitrogens with zero attached hydrogens (tertiary/aromatic N) is 2. The number of benzene rings is 1. The van der Waals surface area contributed by atoms with Crippen molar-refractivity contribution in [2.24, 2.45) is 5.92 Å². The molecule has 0 spiro atoms. The average molecular weight is 302 g/mol. The molecule has 0 bridgehead atoms. The summed E-state index contributed by atoms with van der Waals surface area (Å²) in [6, 6.07) is 18.7. The first-order valence-electron chi connectivity index (χ1n) is 8.12. The number of aromatic nitrogens is 2. The van der Waals surface area contributed by atoms with Crippen LogP contribution in [0.3, 0.4) is 0 Å². The van der Waals surface area contributed by atoms with E-state index in [4.69, 9.17) is 4.98 Å². The van der Waals surface area contributed by atoms with Gasteiger partial charge in [-0.05, 0) is 49.1 Å². The van der Waals surface area contributed by atoms with Gasteiger partial charge < -0.3 is 0 Å². The maximum Gasteiger partial charge on any atom is 0.0720 e. The first-order valence-corrected chi connectivity index (χ1v) is 8.12. The van der Waals surface area contributed by atoms with Gasteiger partial charge in [-0.2, -0.15) is 0 Å². The second kappa shape index (κ2) is 6.74. The van der Waals surface area contributed by atoms with Gasteiger partial charge in [-0.3, -0.25) is 9.97 Å². The van der Waals surface area contributed by atoms with Gasteiger partial charge in [-0.1, -0.05) is 44.2 Å². The molecule has 0 fully saturated rings. The van der Waals surface area contributed by atoms with Crippen LogP contribution in [-0.4, -0.2) is 9.97 Å². The van der Waals surface area contributed by atoms with E-state index >= 15 is 0 Å². The van der Waals surface area contributed by atoms with Gasteiger partial charge in [0.15, 0.2) is 0 Å². The zero-order valence-electron chi connectivity index (χ0n) is 14.0. The molecule has 0 atom stereocenters. The van der Waals surface area contributed by atoms with Crippen molar-refractivity contribution < 1.29 is 0 Å². The van der Waals surface area contributed by atoms with Gasteiger partial charge in [0, 0.05) is 23.0 Å². The van der Waals surface area contributed by atoms with E-state index in [0.717, 1.165) is 29.1 Å². The Morgan fingerprint density at radius 1 is 0.870 bits per heavy atom. The lowest BCUT2D eigenvalue weighted by molar-refractivity contribution is 0.636. The summed E-state index contributed by atoms with van der Waals surface area (Å²) in [4.78, 5) is 9.40. The second-order valence-electron chi connectivity index (χ2n) is 6.36. The van der Waals surface area contributed by atoms with Crippen molar-refractivity contribution >= 4 is 0 Å². The molecule has 0 unspecified atom stereocenters. The van der Waals surface area contributed by atoms with Crippen molar-refractivity contribution in [2.75, 3.05) is 0 Å². The third-order valence-electron chi connectivity index (χ3n) is 3.90. The maximum absolute atomic E-state index is 4.76. The van der Waals surface area contributed by atoms with Crippen LogP contribution in [0.2, 0.25) is 0 Å². The van der Waals surface area contributed by atoms with Gasteiger partial charge in [0.2, 0.25) is 0 Å². The quantitative estimate of drug-likeness (QED) is 0.652. The van der Waals surface area contributed by atoms with E-state index in [0.29, 0.717) is 5.92 Å². The number of aryl methyl sites for hydroxylation is 1. The summed E-state index contributed by atoms with van der Waals surface area (Å²) >= 11 is 0. The van der Waals surface area contributed by atoms with Crippen molar-refractivity contribution in [2.45, 2.75) is 27.2 Å².